The topological polar surface area (TPSA) is 80.6 Å². The van der Waals surface area contributed by atoms with Crippen LogP contribution in [0.2, 0.25) is 0 Å². The molecule has 0 amide bonds. The van der Waals surface area contributed by atoms with Gasteiger partial charge in [0, 0.05) is 24.6 Å². The average Bonchev–Trinajstić information content (AvgIpc) is 3.01. The fraction of sp³-hybridized carbons (Fsp3) is 0.500. The van der Waals surface area contributed by atoms with E-state index >= 15 is 0 Å². The van der Waals surface area contributed by atoms with Gasteiger partial charge in [-0.1, -0.05) is 0 Å². The first-order valence-electron chi connectivity index (χ1n) is 6.27. The monoisotopic (exact) mass is 280 g/mol. The Kier molecular flexibility index (Phi) is 2.93. The molecular weight excluding hydrogens is 264 g/mol. The van der Waals surface area contributed by atoms with E-state index in [2.05, 4.69) is 15.0 Å². The molecule has 0 bridgehead atoms. The number of H-pyrrole nitrogens is 1. The maximum atomic E-state index is 11.5. The predicted molar refractivity (Wildman–Crippen MR) is 71.3 cm³/mol. The highest BCUT2D eigenvalue weighted by Gasteiger charge is 2.28. The zero-order valence-electron chi connectivity index (χ0n) is 10.7. The molecule has 0 saturated carbocycles. The van der Waals surface area contributed by atoms with Crippen molar-refractivity contribution < 1.29 is 8.42 Å². The van der Waals surface area contributed by atoms with Crippen LogP contribution in [-0.4, -0.2) is 39.4 Å². The van der Waals surface area contributed by atoms with Gasteiger partial charge in [-0.15, -0.1) is 0 Å². The van der Waals surface area contributed by atoms with Crippen LogP contribution in [0.5, 0.6) is 0 Å². The molecular formula is C12H16N4O2S. The molecule has 3 rings (SSSR count). The lowest BCUT2D eigenvalue weighted by atomic mass is 10.1. The van der Waals surface area contributed by atoms with Crippen molar-refractivity contribution in [3.63, 3.8) is 0 Å². The van der Waals surface area contributed by atoms with Crippen molar-refractivity contribution in [1.82, 2.24) is 19.5 Å². The summed E-state index contributed by atoms with van der Waals surface area (Å²) < 4.78 is 25.0. The Balaban J connectivity index is 1.84. The largest absolute Gasteiger partial charge is 0.348 e. The van der Waals surface area contributed by atoms with E-state index in [-0.39, 0.29) is 11.7 Å². The van der Waals surface area contributed by atoms with Gasteiger partial charge in [0.15, 0.2) is 15.7 Å². The van der Waals surface area contributed by atoms with Crippen molar-refractivity contribution in [2.75, 3.05) is 11.5 Å². The summed E-state index contributed by atoms with van der Waals surface area (Å²) in [5.41, 5.74) is 1.79. The van der Waals surface area contributed by atoms with Gasteiger partial charge >= 0.3 is 0 Å². The number of hydrogen-bond acceptors (Lipinski definition) is 4. The molecule has 0 aliphatic carbocycles. The summed E-state index contributed by atoms with van der Waals surface area (Å²) in [6.45, 7) is 2.63. The molecule has 2 aromatic heterocycles. The third-order valence-electron chi connectivity index (χ3n) is 3.54. The molecule has 0 aromatic carbocycles. The minimum Gasteiger partial charge on any atom is -0.348 e. The molecule has 1 aliphatic rings. The Morgan fingerprint density at radius 1 is 1.47 bits per heavy atom. The first-order chi connectivity index (χ1) is 9.05. The van der Waals surface area contributed by atoms with Crippen LogP contribution < -0.4 is 0 Å². The molecule has 1 saturated heterocycles. The number of sulfone groups is 1. The molecule has 19 heavy (non-hydrogen) atoms. The summed E-state index contributed by atoms with van der Waals surface area (Å²) in [7, 11) is -2.83. The van der Waals surface area contributed by atoms with Crippen LogP contribution >= 0.6 is 0 Å². The molecule has 0 unspecified atom stereocenters. The number of aromatic amines is 1. The minimum atomic E-state index is -2.83. The Bertz CT molecular complexity index is 686. The van der Waals surface area contributed by atoms with E-state index in [1.807, 2.05) is 17.7 Å². The number of rotatable bonds is 3. The van der Waals surface area contributed by atoms with Gasteiger partial charge in [-0.25, -0.2) is 18.4 Å². The van der Waals surface area contributed by atoms with Crippen LogP contribution in [0.4, 0.5) is 0 Å². The number of imidazole rings is 2. The van der Waals surface area contributed by atoms with E-state index in [4.69, 9.17) is 0 Å². The Morgan fingerprint density at radius 3 is 2.95 bits per heavy atom. The quantitative estimate of drug-likeness (QED) is 0.910. The number of aromatic nitrogens is 4. The lowest BCUT2D eigenvalue weighted by molar-refractivity contribution is 0.493. The maximum Gasteiger partial charge on any atom is 0.160 e. The van der Waals surface area contributed by atoms with E-state index in [1.165, 1.54) is 0 Å². The van der Waals surface area contributed by atoms with E-state index in [1.54, 1.807) is 12.5 Å². The first-order valence-corrected chi connectivity index (χ1v) is 8.09. The molecule has 1 aliphatic heterocycles. The zero-order chi connectivity index (χ0) is 13.5. The highest BCUT2D eigenvalue weighted by Crippen LogP contribution is 2.24. The van der Waals surface area contributed by atoms with E-state index in [0.29, 0.717) is 12.3 Å². The van der Waals surface area contributed by atoms with Gasteiger partial charge in [0.2, 0.25) is 0 Å². The second-order valence-electron chi connectivity index (χ2n) is 5.05. The summed E-state index contributed by atoms with van der Waals surface area (Å²) in [5.74, 6) is 1.56. The van der Waals surface area contributed by atoms with Crippen molar-refractivity contribution >= 4 is 9.84 Å². The Labute approximate surface area is 111 Å². The zero-order valence-corrected chi connectivity index (χ0v) is 11.5. The molecule has 1 atom stereocenters. The van der Waals surface area contributed by atoms with Gasteiger partial charge in [-0.2, -0.15) is 0 Å². The summed E-state index contributed by atoms with van der Waals surface area (Å²) in [4.78, 5) is 11.6. The van der Waals surface area contributed by atoms with Crippen LogP contribution in [0.15, 0.2) is 18.7 Å². The highest BCUT2D eigenvalue weighted by atomic mass is 32.2. The second kappa shape index (κ2) is 4.48. The third-order valence-corrected chi connectivity index (χ3v) is 5.38. The summed E-state index contributed by atoms with van der Waals surface area (Å²) >= 11 is 0. The van der Waals surface area contributed by atoms with E-state index in [9.17, 15) is 8.42 Å². The smallest absolute Gasteiger partial charge is 0.160 e. The fourth-order valence-corrected chi connectivity index (χ4v) is 4.40. The lowest BCUT2D eigenvalue weighted by Crippen LogP contribution is -2.13. The van der Waals surface area contributed by atoms with E-state index in [0.717, 1.165) is 23.6 Å². The minimum absolute atomic E-state index is 0.178. The Morgan fingerprint density at radius 2 is 2.32 bits per heavy atom. The summed E-state index contributed by atoms with van der Waals surface area (Å²) in [6, 6.07) is 0. The van der Waals surface area contributed by atoms with Crippen LogP contribution in [-0.2, 0) is 16.4 Å². The molecule has 6 nitrogen and oxygen atoms in total. The number of nitrogens with zero attached hydrogens (tertiary/aromatic N) is 3. The van der Waals surface area contributed by atoms with Crippen molar-refractivity contribution in [1.29, 1.82) is 0 Å². The van der Waals surface area contributed by atoms with Crippen molar-refractivity contribution in [3.8, 4) is 11.5 Å². The standard InChI is InChI=1S/C12H16N4O2S/c1-9-11(15-8-14-9)12-13-3-4-16(12)6-10-2-5-19(17,18)7-10/h3-4,8,10H,2,5-7H2,1H3,(H,14,15)/t10-/m1/s1. The predicted octanol–water partition coefficient (Wildman–Crippen LogP) is 1.02. The molecule has 0 spiro atoms. The average molecular weight is 280 g/mol. The van der Waals surface area contributed by atoms with Gasteiger partial charge in [0.25, 0.3) is 0 Å². The normalized spacial score (nSPS) is 21.8. The highest BCUT2D eigenvalue weighted by molar-refractivity contribution is 7.91. The molecule has 2 aromatic rings. The number of aryl methyl sites for hydroxylation is 1. The van der Waals surface area contributed by atoms with Crippen LogP contribution in [0, 0.1) is 12.8 Å². The van der Waals surface area contributed by atoms with Gasteiger partial charge in [-0.05, 0) is 19.3 Å². The van der Waals surface area contributed by atoms with Crippen LogP contribution in [0.1, 0.15) is 12.1 Å². The van der Waals surface area contributed by atoms with Crippen molar-refractivity contribution in [2.45, 2.75) is 19.9 Å². The molecule has 3 heterocycles. The fourth-order valence-electron chi connectivity index (χ4n) is 2.55. The van der Waals surface area contributed by atoms with Gasteiger partial charge in [-0.3, -0.25) is 0 Å². The number of nitrogens with one attached hydrogen (secondary N) is 1. The maximum absolute atomic E-state index is 11.5. The number of hydrogen-bond donors (Lipinski definition) is 1. The molecule has 7 heteroatoms. The van der Waals surface area contributed by atoms with Gasteiger partial charge < -0.3 is 9.55 Å². The van der Waals surface area contributed by atoms with Crippen molar-refractivity contribution in [2.24, 2.45) is 5.92 Å². The first kappa shape index (κ1) is 12.4. The van der Waals surface area contributed by atoms with E-state index < -0.39 is 9.84 Å². The van der Waals surface area contributed by atoms with Crippen LogP contribution in [0.3, 0.4) is 0 Å². The Hall–Kier alpha value is -1.63. The molecule has 102 valence electrons. The molecule has 0 radical (unpaired) electrons. The SMILES string of the molecule is Cc1[nH]cnc1-c1nccn1C[C@H]1CCS(=O)(=O)C1. The summed E-state index contributed by atoms with van der Waals surface area (Å²) in [6.07, 6.45) is 5.99. The molecule has 1 fully saturated rings. The van der Waals surface area contributed by atoms with Gasteiger partial charge in [0.1, 0.15) is 5.69 Å². The summed E-state index contributed by atoms with van der Waals surface area (Å²) in [5, 5.41) is 0. The third kappa shape index (κ3) is 2.42. The van der Waals surface area contributed by atoms with Crippen LogP contribution in [0.25, 0.3) is 11.5 Å². The van der Waals surface area contributed by atoms with Crippen molar-refractivity contribution in [3.05, 3.63) is 24.4 Å². The van der Waals surface area contributed by atoms with Gasteiger partial charge in [0.05, 0.1) is 17.8 Å². The second-order valence-corrected chi connectivity index (χ2v) is 7.28. The molecule has 1 N–H and O–H groups in total. The lowest BCUT2D eigenvalue weighted by Gasteiger charge is -2.11.